The molecule has 0 aliphatic rings. The van der Waals surface area contributed by atoms with Crippen LogP contribution in [0.2, 0.25) is 0 Å². The first-order valence-electron chi connectivity index (χ1n) is 19.6. The Bertz CT molecular complexity index is 1170. The monoisotopic (exact) mass is 737 g/mol. The Balaban J connectivity index is 0.000000865. The van der Waals surface area contributed by atoms with E-state index < -0.39 is 10.4 Å². The number of aliphatic hydroxyl groups is 2. The van der Waals surface area contributed by atoms with Crippen LogP contribution in [-0.2, 0) is 21.5 Å². The van der Waals surface area contributed by atoms with Gasteiger partial charge in [-0.25, -0.2) is 0 Å². The highest BCUT2D eigenvalue weighted by atomic mass is 32.3. The van der Waals surface area contributed by atoms with Crippen molar-refractivity contribution in [3.63, 3.8) is 0 Å². The molecular formula is C42H76N2O6S. The number of rotatable bonds is 22. The third-order valence-electron chi connectivity index (χ3n) is 10.4. The Kier molecular flexibility index (Phi) is 25.1. The standard InChI is InChI=1S/2C21H37NO.H2O4S/c2*1-6-10-18(11-7-2)19-12-9-13-20(17-19)21(14-8-3,15-16-23)22(4)5;1-5(2,3)4/h2*9,12-13,17-18,23H,6-8,10-11,14-16H2,1-5H3;(H2,1,2,3,4). The van der Waals surface area contributed by atoms with Gasteiger partial charge in [0.2, 0.25) is 0 Å². The van der Waals surface area contributed by atoms with E-state index in [0.29, 0.717) is 11.8 Å². The molecule has 2 aromatic carbocycles. The average Bonchev–Trinajstić information content (AvgIpc) is 3.07. The molecule has 0 saturated carbocycles. The zero-order valence-corrected chi connectivity index (χ0v) is 34.8. The van der Waals surface area contributed by atoms with E-state index in [1.54, 1.807) is 0 Å². The second-order valence-electron chi connectivity index (χ2n) is 14.5. The fraction of sp³-hybridized carbons (Fsp3) is 0.714. The lowest BCUT2D eigenvalue weighted by Crippen LogP contribution is -2.42. The van der Waals surface area contributed by atoms with Gasteiger partial charge >= 0.3 is 10.4 Å². The van der Waals surface area contributed by atoms with Crippen LogP contribution < -0.4 is 0 Å². The summed E-state index contributed by atoms with van der Waals surface area (Å²) in [4.78, 5) is 4.61. The van der Waals surface area contributed by atoms with E-state index in [-0.39, 0.29) is 24.3 Å². The van der Waals surface area contributed by atoms with Gasteiger partial charge in [0.25, 0.3) is 0 Å². The van der Waals surface area contributed by atoms with Gasteiger partial charge in [-0.15, -0.1) is 0 Å². The molecule has 0 bridgehead atoms. The van der Waals surface area contributed by atoms with E-state index in [0.717, 1.165) is 38.5 Å². The van der Waals surface area contributed by atoms with Crippen molar-refractivity contribution in [2.24, 2.45) is 0 Å². The maximum atomic E-state index is 9.66. The molecule has 2 rings (SSSR count). The second-order valence-corrected chi connectivity index (χ2v) is 15.4. The van der Waals surface area contributed by atoms with Gasteiger partial charge in [-0.3, -0.25) is 18.9 Å². The van der Waals surface area contributed by atoms with E-state index in [1.165, 1.54) is 73.6 Å². The minimum atomic E-state index is -4.67. The fourth-order valence-electron chi connectivity index (χ4n) is 7.95. The fourth-order valence-corrected chi connectivity index (χ4v) is 7.95. The molecule has 0 fully saturated rings. The maximum Gasteiger partial charge on any atom is 0.394 e. The number of hydrogen-bond donors (Lipinski definition) is 4. The van der Waals surface area contributed by atoms with E-state index in [2.05, 4.69) is 128 Å². The summed E-state index contributed by atoms with van der Waals surface area (Å²) in [5.74, 6) is 1.33. The lowest BCUT2D eigenvalue weighted by Gasteiger charge is -2.41. The van der Waals surface area contributed by atoms with Crippen molar-refractivity contribution >= 4 is 10.4 Å². The summed E-state index contributed by atoms with van der Waals surface area (Å²) in [6, 6.07) is 18.4. The van der Waals surface area contributed by atoms with Crippen molar-refractivity contribution in [1.29, 1.82) is 0 Å². The summed E-state index contributed by atoms with van der Waals surface area (Å²) in [5, 5.41) is 19.3. The number of aliphatic hydroxyl groups excluding tert-OH is 2. The predicted molar refractivity (Wildman–Crippen MR) is 216 cm³/mol. The normalized spacial score (nSPS) is 14.2. The van der Waals surface area contributed by atoms with Crippen LogP contribution in [0.1, 0.15) is 166 Å². The van der Waals surface area contributed by atoms with Gasteiger partial charge in [0.1, 0.15) is 0 Å². The highest BCUT2D eigenvalue weighted by Gasteiger charge is 2.34. The Morgan fingerprint density at radius 1 is 0.549 bits per heavy atom. The Hall–Kier alpha value is -1.85. The zero-order valence-electron chi connectivity index (χ0n) is 34.0. The SMILES string of the molecule is CCCC(CCC)c1cccc(C(CCC)(CCO)N(C)C)c1.CCCC(CCC)c1cccc(C(CCC)(CCO)N(C)C)c1.O=S(=O)(O)O. The Morgan fingerprint density at radius 2 is 0.843 bits per heavy atom. The largest absolute Gasteiger partial charge is 0.396 e. The van der Waals surface area contributed by atoms with Gasteiger partial charge in [-0.2, -0.15) is 8.42 Å². The number of benzene rings is 2. The summed E-state index contributed by atoms with van der Waals surface area (Å²) in [6.45, 7) is 14.0. The molecule has 0 aliphatic carbocycles. The number of nitrogens with zero attached hydrogens (tertiary/aromatic N) is 2. The van der Waals surface area contributed by atoms with E-state index in [1.807, 2.05) is 0 Å². The van der Waals surface area contributed by atoms with Gasteiger partial charge in [0, 0.05) is 24.3 Å². The Labute approximate surface area is 313 Å². The first-order valence-corrected chi connectivity index (χ1v) is 21.0. The van der Waals surface area contributed by atoms with Gasteiger partial charge in [0.05, 0.1) is 0 Å². The lowest BCUT2D eigenvalue weighted by atomic mass is 9.79. The zero-order chi connectivity index (χ0) is 39.1. The molecule has 2 unspecified atom stereocenters. The van der Waals surface area contributed by atoms with Crippen LogP contribution in [0.5, 0.6) is 0 Å². The summed E-state index contributed by atoms with van der Waals surface area (Å²) in [6.07, 6.45) is 16.0. The van der Waals surface area contributed by atoms with Gasteiger partial charge in [-0.05, 0) is 114 Å². The molecule has 51 heavy (non-hydrogen) atoms. The van der Waals surface area contributed by atoms with Crippen molar-refractivity contribution in [1.82, 2.24) is 9.80 Å². The van der Waals surface area contributed by atoms with Crippen molar-refractivity contribution < 1.29 is 27.7 Å². The van der Waals surface area contributed by atoms with Gasteiger partial charge < -0.3 is 10.2 Å². The predicted octanol–water partition coefficient (Wildman–Crippen LogP) is 9.97. The summed E-state index contributed by atoms with van der Waals surface area (Å²) in [7, 11) is 3.92. The first kappa shape index (κ1) is 49.1. The summed E-state index contributed by atoms with van der Waals surface area (Å²) < 4.78 is 31.6. The second kappa shape index (κ2) is 26.0. The highest BCUT2D eigenvalue weighted by Crippen LogP contribution is 2.39. The molecule has 0 aromatic heterocycles. The van der Waals surface area contributed by atoms with E-state index in [4.69, 9.17) is 17.5 Å². The molecule has 4 N–H and O–H groups in total. The van der Waals surface area contributed by atoms with Crippen LogP contribution in [-0.4, -0.2) is 78.9 Å². The minimum Gasteiger partial charge on any atom is -0.396 e. The van der Waals surface area contributed by atoms with Crippen LogP contribution in [0.3, 0.4) is 0 Å². The molecule has 8 nitrogen and oxygen atoms in total. The van der Waals surface area contributed by atoms with E-state index >= 15 is 0 Å². The van der Waals surface area contributed by atoms with Crippen molar-refractivity contribution in [3.05, 3.63) is 70.8 Å². The molecule has 296 valence electrons. The van der Waals surface area contributed by atoms with Crippen molar-refractivity contribution in [2.45, 2.75) is 154 Å². The molecule has 2 atom stereocenters. The average molecular weight is 737 g/mol. The first-order chi connectivity index (χ1) is 24.1. The molecule has 9 heteroatoms. The lowest BCUT2D eigenvalue weighted by molar-refractivity contribution is 0.0955. The van der Waals surface area contributed by atoms with Gasteiger partial charge in [0.15, 0.2) is 0 Å². The molecular weight excluding hydrogens is 661 g/mol. The van der Waals surface area contributed by atoms with Crippen LogP contribution in [0, 0.1) is 0 Å². The third kappa shape index (κ3) is 16.8. The molecule has 0 aliphatic heterocycles. The van der Waals surface area contributed by atoms with Crippen LogP contribution >= 0.6 is 0 Å². The molecule has 0 radical (unpaired) electrons. The summed E-state index contributed by atoms with van der Waals surface area (Å²) in [5.41, 5.74) is 5.59. The molecule has 0 heterocycles. The van der Waals surface area contributed by atoms with Crippen LogP contribution in [0.15, 0.2) is 48.5 Å². The number of hydrogen-bond acceptors (Lipinski definition) is 6. The van der Waals surface area contributed by atoms with Crippen molar-refractivity contribution in [3.8, 4) is 0 Å². The summed E-state index contributed by atoms with van der Waals surface area (Å²) >= 11 is 0. The molecule has 0 spiro atoms. The van der Waals surface area contributed by atoms with Crippen molar-refractivity contribution in [2.75, 3.05) is 41.4 Å². The third-order valence-corrected chi connectivity index (χ3v) is 10.4. The highest BCUT2D eigenvalue weighted by molar-refractivity contribution is 7.79. The Morgan fingerprint density at radius 3 is 1.06 bits per heavy atom. The van der Waals surface area contributed by atoms with Crippen LogP contribution in [0.4, 0.5) is 0 Å². The van der Waals surface area contributed by atoms with Crippen LogP contribution in [0.25, 0.3) is 0 Å². The van der Waals surface area contributed by atoms with Gasteiger partial charge in [-0.1, -0.05) is 129 Å². The topological polar surface area (TPSA) is 122 Å². The smallest absolute Gasteiger partial charge is 0.394 e. The molecule has 0 saturated heterocycles. The minimum absolute atomic E-state index is 0.0531. The van der Waals surface area contributed by atoms with E-state index in [9.17, 15) is 10.2 Å². The maximum absolute atomic E-state index is 9.66. The molecule has 0 amide bonds. The molecule has 2 aromatic rings. The quantitative estimate of drug-likeness (QED) is 0.0882.